The molecule has 0 spiro atoms. The van der Waals surface area contributed by atoms with Crippen molar-refractivity contribution < 1.29 is 18.3 Å². The Morgan fingerprint density at radius 3 is 2.65 bits per heavy atom. The maximum absolute atomic E-state index is 13.1. The number of hydrogen-bond donors (Lipinski definition) is 1. The number of benzene rings is 2. The molecule has 10 heteroatoms. The van der Waals surface area contributed by atoms with Crippen molar-refractivity contribution in [1.29, 1.82) is 0 Å². The summed E-state index contributed by atoms with van der Waals surface area (Å²) >= 11 is 1.22. The summed E-state index contributed by atoms with van der Waals surface area (Å²) in [6.07, 6.45) is 1.88. The van der Waals surface area contributed by atoms with E-state index in [9.17, 15) is 13.6 Å². The number of carbonyl (C=O) groups is 1. The number of nitrogens with two attached hydrogens (primary N) is 1. The normalized spacial score (nSPS) is 14.4. The van der Waals surface area contributed by atoms with Crippen LogP contribution in [-0.2, 0) is 11.2 Å². The second-order valence-electron chi connectivity index (χ2n) is 7.06. The van der Waals surface area contributed by atoms with Crippen LogP contribution in [0.25, 0.3) is 11.4 Å². The monoisotopic (exact) mass is 445 g/mol. The predicted octanol–water partition coefficient (Wildman–Crippen LogP) is 3.72. The maximum Gasteiger partial charge on any atom is 0.387 e. The summed E-state index contributed by atoms with van der Waals surface area (Å²) in [6, 6.07) is 13.9. The number of alkyl halides is 2. The summed E-state index contributed by atoms with van der Waals surface area (Å²) in [5, 5.41) is 8.15. The van der Waals surface area contributed by atoms with E-state index in [0.29, 0.717) is 23.1 Å². The number of anilines is 1. The third-order valence-corrected chi connectivity index (χ3v) is 6.05. The van der Waals surface area contributed by atoms with E-state index < -0.39 is 11.9 Å². The fraction of sp³-hybridized carbons (Fsp3) is 0.286. The van der Waals surface area contributed by atoms with Crippen molar-refractivity contribution in [1.82, 2.24) is 14.9 Å². The van der Waals surface area contributed by atoms with E-state index in [-0.39, 0.29) is 11.7 Å². The first-order valence-electron chi connectivity index (χ1n) is 9.75. The first-order chi connectivity index (χ1) is 14.9. The molecule has 31 heavy (non-hydrogen) atoms. The van der Waals surface area contributed by atoms with Crippen LogP contribution in [0.4, 0.5) is 14.5 Å². The minimum absolute atomic E-state index is 0.0183. The molecule has 2 aromatic carbocycles. The summed E-state index contributed by atoms with van der Waals surface area (Å²) in [7, 11) is 0. The third-order valence-electron chi connectivity index (χ3n) is 5.01. The molecule has 1 unspecified atom stereocenters. The van der Waals surface area contributed by atoms with Crippen LogP contribution >= 0.6 is 11.8 Å². The van der Waals surface area contributed by atoms with Gasteiger partial charge in [0.25, 0.3) is 0 Å². The average Bonchev–Trinajstić information content (AvgIpc) is 3.13. The SMILES string of the molecule is CC(Sc1nnc(-c2ccc(OC(F)F)cc2)n1N)C(=O)N1CCCc2ccccc21. The topological polar surface area (TPSA) is 86.3 Å². The van der Waals surface area contributed by atoms with Crippen LogP contribution in [0.1, 0.15) is 18.9 Å². The average molecular weight is 445 g/mol. The molecule has 0 saturated heterocycles. The first kappa shape index (κ1) is 21.1. The van der Waals surface area contributed by atoms with Crippen LogP contribution in [0.15, 0.2) is 53.7 Å². The van der Waals surface area contributed by atoms with Gasteiger partial charge in [0.05, 0.1) is 5.25 Å². The third kappa shape index (κ3) is 4.48. The van der Waals surface area contributed by atoms with E-state index in [1.165, 1.54) is 34.1 Å². The molecule has 4 rings (SSSR count). The van der Waals surface area contributed by atoms with Gasteiger partial charge in [0.2, 0.25) is 11.1 Å². The molecule has 7 nitrogen and oxygen atoms in total. The van der Waals surface area contributed by atoms with Gasteiger partial charge in [0.1, 0.15) is 5.75 Å². The number of nitrogen functional groups attached to an aromatic ring is 1. The minimum atomic E-state index is -2.89. The lowest BCUT2D eigenvalue weighted by Gasteiger charge is -2.31. The van der Waals surface area contributed by atoms with E-state index in [1.807, 2.05) is 36.1 Å². The number of rotatable bonds is 6. The van der Waals surface area contributed by atoms with Gasteiger partial charge in [-0.15, -0.1) is 10.2 Å². The highest BCUT2D eigenvalue weighted by atomic mass is 32.2. The van der Waals surface area contributed by atoms with Gasteiger partial charge in [0.15, 0.2) is 5.82 Å². The van der Waals surface area contributed by atoms with Crippen molar-refractivity contribution in [2.75, 3.05) is 17.3 Å². The summed E-state index contributed by atoms with van der Waals surface area (Å²) in [6.45, 7) is -0.401. The number of hydrogen-bond acceptors (Lipinski definition) is 6. The molecule has 2 heterocycles. The zero-order valence-corrected chi connectivity index (χ0v) is 17.6. The van der Waals surface area contributed by atoms with Crippen LogP contribution in [-0.4, -0.2) is 39.2 Å². The van der Waals surface area contributed by atoms with E-state index in [4.69, 9.17) is 5.84 Å². The second kappa shape index (κ2) is 8.93. The van der Waals surface area contributed by atoms with Crippen molar-refractivity contribution in [2.24, 2.45) is 0 Å². The number of nitrogens with zero attached hydrogens (tertiary/aromatic N) is 4. The number of thioether (sulfide) groups is 1. The van der Waals surface area contributed by atoms with Crippen LogP contribution in [0.5, 0.6) is 5.75 Å². The molecule has 1 atom stereocenters. The zero-order chi connectivity index (χ0) is 22.0. The quantitative estimate of drug-likeness (QED) is 0.460. The largest absolute Gasteiger partial charge is 0.435 e. The van der Waals surface area contributed by atoms with Gasteiger partial charge in [-0.25, -0.2) is 4.68 Å². The van der Waals surface area contributed by atoms with Gasteiger partial charge < -0.3 is 15.5 Å². The molecule has 1 aliphatic heterocycles. The maximum atomic E-state index is 13.1. The van der Waals surface area contributed by atoms with Gasteiger partial charge >= 0.3 is 6.61 Å². The Morgan fingerprint density at radius 1 is 1.16 bits per heavy atom. The molecule has 1 aromatic heterocycles. The second-order valence-corrected chi connectivity index (χ2v) is 8.37. The van der Waals surface area contributed by atoms with Gasteiger partial charge in [-0.3, -0.25) is 4.79 Å². The Balaban J connectivity index is 1.48. The van der Waals surface area contributed by atoms with Crippen molar-refractivity contribution in [3.05, 3.63) is 54.1 Å². The number of ether oxygens (including phenoxy) is 1. The van der Waals surface area contributed by atoms with Gasteiger partial charge in [-0.1, -0.05) is 30.0 Å². The standard InChI is InChI=1S/C21H21F2N5O2S/c1-13(19(29)27-12-4-6-14-5-2-3-7-17(14)27)31-21-26-25-18(28(21)24)15-8-10-16(11-9-15)30-20(22)23/h2-3,5,7-11,13,20H,4,6,12,24H2,1H3. The fourth-order valence-electron chi connectivity index (χ4n) is 3.53. The molecular formula is C21H21F2N5O2S. The Hall–Kier alpha value is -3.14. The zero-order valence-electron chi connectivity index (χ0n) is 16.7. The summed E-state index contributed by atoms with van der Waals surface area (Å²) < 4.78 is 30.3. The number of halogens is 2. The lowest BCUT2D eigenvalue weighted by Crippen LogP contribution is -2.40. The highest BCUT2D eigenvalue weighted by molar-refractivity contribution is 8.00. The smallest absolute Gasteiger partial charge is 0.387 e. The van der Waals surface area contributed by atoms with Crippen molar-refractivity contribution in [3.63, 3.8) is 0 Å². The van der Waals surface area contributed by atoms with Crippen LogP contribution in [0, 0.1) is 0 Å². The first-order valence-corrected chi connectivity index (χ1v) is 10.6. The number of para-hydroxylation sites is 1. The highest BCUT2D eigenvalue weighted by Gasteiger charge is 2.28. The fourth-order valence-corrected chi connectivity index (χ4v) is 4.36. The molecule has 1 aliphatic rings. The van der Waals surface area contributed by atoms with Crippen molar-refractivity contribution >= 4 is 23.4 Å². The Kier molecular flexibility index (Phi) is 6.08. The summed E-state index contributed by atoms with van der Waals surface area (Å²) in [5.41, 5.74) is 2.71. The highest BCUT2D eigenvalue weighted by Crippen LogP contribution is 2.31. The van der Waals surface area contributed by atoms with Gasteiger partial charge in [-0.2, -0.15) is 8.78 Å². The molecule has 162 valence electrons. The number of fused-ring (bicyclic) bond motifs is 1. The molecule has 0 fully saturated rings. The minimum Gasteiger partial charge on any atom is -0.435 e. The van der Waals surface area contributed by atoms with Crippen molar-refractivity contribution in [3.8, 4) is 17.1 Å². The van der Waals surface area contributed by atoms with Gasteiger partial charge in [-0.05, 0) is 55.7 Å². The number of aryl methyl sites for hydroxylation is 1. The van der Waals surface area contributed by atoms with Gasteiger partial charge in [0, 0.05) is 17.8 Å². The Morgan fingerprint density at radius 2 is 1.90 bits per heavy atom. The number of aromatic nitrogens is 3. The molecule has 3 aromatic rings. The molecular weight excluding hydrogens is 424 g/mol. The summed E-state index contributed by atoms with van der Waals surface area (Å²) in [5.74, 6) is 6.53. The molecule has 1 amide bonds. The summed E-state index contributed by atoms with van der Waals surface area (Å²) in [4.78, 5) is 14.9. The van der Waals surface area contributed by atoms with Crippen LogP contribution in [0.2, 0.25) is 0 Å². The molecule has 0 bridgehead atoms. The molecule has 0 aliphatic carbocycles. The molecule has 0 radical (unpaired) electrons. The molecule has 2 N–H and O–H groups in total. The predicted molar refractivity (Wildman–Crippen MR) is 115 cm³/mol. The molecule has 0 saturated carbocycles. The van der Waals surface area contributed by atoms with E-state index >= 15 is 0 Å². The van der Waals surface area contributed by atoms with E-state index in [2.05, 4.69) is 14.9 Å². The Bertz CT molecular complexity index is 1070. The van der Waals surface area contributed by atoms with Crippen LogP contribution in [0.3, 0.4) is 0 Å². The van der Waals surface area contributed by atoms with E-state index in [1.54, 1.807) is 12.1 Å². The van der Waals surface area contributed by atoms with E-state index in [0.717, 1.165) is 18.5 Å². The lowest BCUT2D eigenvalue weighted by atomic mass is 10.0. The number of amides is 1. The lowest BCUT2D eigenvalue weighted by molar-refractivity contribution is -0.117. The van der Waals surface area contributed by atoms with Crippen molar-refractivity contribution in [2.45, 2.75) is 36.8 Å². The van der Waals surface area contributed by atoms with Crippen LogP contribution < -0.4 is 15.5 Å². The Labute approximate surface area is 182 Å². The number of carbonyl (C=O) groups excluding carboxylic acids is 1.